The van der Waals surface area contributed by atoms with Crippen LogP contribution in [0.3, 0.4) is 0 Å². The summed E-state index contributed by atoms with van der Waals surface area (Å²) in [5.74, 6) is 1.09. The minimum Gasteiger partial charge on any atom is -0.352 e. The molecule has 2 aromatic heterocycles. The van der Waals surface area contributed by atoms with Gasteiger partial charge in [0.05, 0.1) is 17.5 Å². The van der Waals surface area contributed by atoms with Crippen LogP contribution in [0.2, 0.25) is 0 Å². The fourth-order valence-corrected chi connectivity index (χ4v) is 9.52. The average Bonchev–Trinajstić information content (AvgIpc) is 3.34. The van der Waals surface area contributed by atoms with Gasteiger partial charge in [0.15, 0.2) is 11.6 Å². The number of benzene rings is 1. The van der Waals surface area contributed by atoms with Crippen LogP contribution in [0.25, 0.3) is 16.7 Å². The van der Waals surface area contributed by atoms with E-state index in [4.69, 9.17) is 23.2 Å². The topological polar surface area (TPSA) is 166 Å². The fourth-order valence-electron chi connectivity index (χ4n) is 4.87. The van der Waals surface area contributed by atoms with Gasteiger partial charge in [-0.3, -0.25) is 13.4 Å². The third-order valence-corrected chi connectivity index (χ3v) is 11.6. The maximum atomic E-state index is 13.6. The second kappa shape index (κ2) is 11.5. The molecule has 1 aliphatic heterocycles. The van der Waals surface area contributed by atoms with Crippen molar-refractivity contribution >= 4 is 73.3 Å². The molecular formula is C24H27Cl2N6O7PS2. The van der Waals surface area contributed by atoms with Crippen LogP contribution in [0.15, 0.2) is 64.8 Å². The Morgan fingerprint density at radius 2 is 1.67 bits per heavy atom. The summed E-state index contributed by atoms with van der Waals surface area (Å²) in [6, 6.07) is 9.88. The summed E-state index contributed by atoms with van der Waals surface area (Å²) in [5.41, 5.74) is 0.719. The van der Waals surface area contributed by atoms with Crippen molar-refractivity contribution in [3.05, 3.63) is 64.8 Å². The summed E-state index contributed by atoms with van der Waals surface area (Å²) >= 11 is 12.1. The lowest BCUT2D eigenvalue weighted by atomic mass is 10.2. The van der Waals surface area contributed by atoms with E-state index in [2.05, 4.69) is 10.2 Å². The molecule has 0 spiro atoms. The predicted molar refractivity (Wildman–Crippen MR) is 162 cm³/mol. The molecular weight excluding hydrogens is 650 g/mol. The highest BCUT2D eigenvalue weighted by Gasteiger charge is 2.37. The summed E-state index contributed by atoms with van der Waals surface area (Å²) < 4.78 is 66.6. The number of fused-ring (bicyclic) bond motifs is 1. The monoisotopic (exact) mass is 676 g/mol. The van der Waals surface area contributed by atoms with Gasteiger partial charge in [-0.05, 0) is 48.6 Å². The molecule has 0 bridgehead atoms. The van der Waals surface area contributed by atoms with Crippen molar-refractivity contribution in [3.8, 4) is 5.82 Å². The van der Waals surface area contributed by atoms with Crippen molar-refractivity contribution in [1.29, 1.82) is 0 Å². The number of anilines is 2. The molecule has 1 aliphatic carbocycles. The number of nitrogens with zero attached hydrogens (tertiary/aromatic N) is 6. The largest absolute Gasteiger partial charge is 0.352 e. The molecule has 42 heavy (non-hydrogen) atoms. The van der Waals surface area contributed by atoms with Crippen LogP contribution < -0.4 is 9.21 Å². The van der Waals surface area contributed by atoms with Gasteiger partial charge in [0, 0.05) is 54.2 Å². The molecule has 2 aliphatic rings. The van der Waals surface area contributed by atoms with Gasteiger partial charge >= 0.3 is 7.60 Å². The summed E-state index contributed by atoms with van der Waals surface area (Å²) in [4.78, 5) is 21.4. The maximum Gasteiger partial charge on any atom is 0.345 e. The lowest BCUT2D eigenvalue weighted by Gasteiger charge is -2.33. The van der Waals surface area contributed by atoms with Crippen molar-refractivity contribution < 1.29 is 31.2 Å². The molecule has 0 saturated carbocycles. The predicted octanol–water partition coefficient (Wildman–Crippen LogP) is 2.79. The highest BCUT2D eigenvalue weighted by molar-refractivity contribution is 7.94. The lowest BCUT2D eigenvalue weighted by Crippen LogP contribution is -2.48. The zero-order valence-electron chi connectivity index (χ0n) is 22.2. The summed E-state index contributed by atoms with van der Waals surface area (Å²) in [6.45, 7) is 1.68. The number of hydrogen-bond donors (Lipinski definition) is 2. The number of aromatic nitrogens is 3. The van der Waals surface area contributed by atoms with E-state index in [-0.39, 0.29) is 22.2 Å². The number of sulfonamides is 2. The van der Waals surface area contributed by atoms with E-state index in [9.17, 15) is 31.2 Å². The van der Waals surface area contributed by atoms with E-state index >= 15 is 0 Å². The number of piperazine rings is 1. The van der Waals surface area contributed by atoms with Gasteiger partial charge in [0.2, 0.25) is 20.0 Å². The molecule has 2 N–H and O–H groups in total. The highest BCUT2D eigenvalue weighted by Crippen LogP contribution is 2.41. The van der Waals surface area contributed by atoms with Crippen molar-refractivity contribution in [1.82, 2.24) is 19.1 Å². The molecule has 226 valence electrons. The minimum atomic E-state index is -4.81. The summed E-state index contributed by atoms with van der Waals surface area (Å²) in [5, 5.41) is 8.36. The fraction of sp³-hybridized carbons (Fsp3) is 0.333. The van der Waals surface area contributed by atoms with E-state index in [0.29, 0.717) is 53.0 Å². The zero-order chi connectivity index (χ0) is 30.4. The van der Waals surface area contributed by atoms with Crippen molar-refractivity contribution in [2.75, 3.05) is 47.9 Å². The minimum absolute atomic E-state index is 0.0634. The first kappa shape index (κ1) is 31.0. The molecule has 1 unspecified atom stereocenters. The van der Waals surface area contributed by atoms with Crippen LogP contribution >= 0.6 is 30.8 Å². The molecule has 1 fully saturated rings. The number of allylic oxidation sites excluding steroid dienone is 3. The van der Waals surface area contributed by atoms with Crippen LogP contribution in [0.1, 0.15) is 6.42 Å². The first-order valence-electron chi connectivity index (χ1n) is 12.6. The van der Waals surface area contributed by atoms with E-state index in [0.717, 1.165) is 0 Å². The highest BCUT2D eigenvalue weighted by atomic mass is 35.5. The summed E-state index contributed by atoms with van der Waals surface area (Å²) in [7, 11) is -12.4. The van der Waals surface area contributed by atoms with Gasteiger partial charge in [0.25, 0.3) is 0 Å². The van der Waals surface area contributed by atoms with E-state index in [1.165, 1.54) is 34.8 Å². The van der Waals surface area contributed by atoms with Crippen LogP contribution in [0.4, 0.5) is 11.5 Å². The average molecular weight is 678 g/mol. The Morgan fingerprint density at radius 3 is 2.26 bits per heavy atom. The Bertz CT molecular complexity index is 1830. The van der Waals surface area contributed by atoms with E-state index < -0.39 is 39.2 Å². The van der Waals surface area contributed by atoms with Crippen molar-refractivity contribution in [2.24, 2.45) is 0 Å². The molecule has 5 rings (SSSR count). The normalized spacial score (nSPS) is 19.1. The summed E-state index contributed by atoms with van der Waals surface area (Å²) in [6.07, 6.45) is 4.48. The third-order valence-electron chi connectivity index (χ3n) is 6.91. The van der Waals surface area contributed by atoms with Gasteiger partial charge in [-0.1, -0.05) is 23.2 Å². The first-order valence-corrected chi connectivity index (χ1v) is 18.5. The Kier molecular flexibility index (Phi) is 8.51. The van der Waals surface area contributed by atoms with Crippen molar-refractivity contribution in [3.63, 3.8) is 0 Å². The molecule has 0 radical (unpaired) electrons. The molecule has 3 aromatic rings. The molecule has 1 atom stereocenters. The van der Waals surface area contributed by atoms with Gasteiger partial charge in [0.1, 0.15) is 11.5 Å². The van der Waals surface area contributed by atoms with Crippen LogP contribution in [0, 0.1) is 0 Å². The van der Waals surface area contributed by atoms with Crippen molar-refractivity contribution in [2.45, 2.75) is 11.7 Å². The molecule has 0 amide bonds. The maximum absolute atomic E-state index is 13.6. The Morgan fingerprint density at radius 1 is 1.00 bits per heavy atom. The standard InChI is InChI=1S/C24H27Cl2N6O7PS2/c1-41(36,37)30-10-8-29(9-11-30)23-4-5-24(28-27-23)31-7-6-17-12-20(2-3-22(17)31)32(16-40(33,34)35)42(38,39)21-14-18(25)13-19(26)15-21/h2-7,12-14,21H,8-11,15-16H2,1H3,(H2,33,34,35). The van der Waals surface area contributed by atoms with Crippen LogP contribution in [-0.2, 0) is 24.6 Å². The van der Waals surface area contributed by atoms with E-state index in [1.54, 1.807) is 35.0 Å². The van der Waals surface area contributed by atoms with E-state index in [1.807, 2.05) is 4.90 Å². The SMILES string of the molecule is CS(=O)(=O)N1CCN(c2ccc(-n3ccc4cc(N(CP(=O)(O)O)S(=O)(=O)C5C=C(Cl)C=C(Cl)C5)ccc43)nn2)CC1. The van der Waals surface area contributed by atoms with Crippen LogP contribution in [-0.4, -0.2) is 89.7 Å². The zero-order valence-corrected chi connectivity index (χ0v) is 26.2. The Balaban J connectivity index is 1.41. The Hall–Kier alpha value is -2.49. The third kappa shape index (κ3) is 6.68. The smallest absolute Gasteiger partial charge is 0.345 e. The first-order chi connectivity index (χ1) is 19.6. The quantitative estimate of drug-likeness (QED) is 0.339. The number of rotatable bonds is 8. The second-order valence-corrected chi connectivity index (χ2v) is 16.5. The lowest BCUT2D eigenvalue weighted by molar-refractivity contribution is 0.373. The number of hydrogen-bond acceptors (Lipinski definition) is 8. The van der Waals surface area contributed by atoms with Gasteiger partial charge in [-0.2, -0.15) is 4.31 Å². The molecule has 3 heterocycles. The molecule has 13 nitrogen and oxygen atoms in total. The van der Waals surface area contributed by atoms with Gasteiger partial charge in [-0.15, -0.1) is 10.2 Å². The van der Waals surface area contributed by atoms with Gasteiger partial charge < -0.3 is 14.7 Å². The van der Waals surface area contributed by atoms with Crippen LogP contribution in [0.5, 0.6) is 0 Å². The van der Waals surface area contributed by atoms with Gasteiger partial charge in [-0.25, -0.2) is 16.8 Å². The molecule has 1 aromatic carbocycles. The Labute approximate surface area is 252 Å². The number of halogens is 2. The molecule has 18 heteroatoms. The second-order valence-electron chi connectivity index (χ2n) is 9.91. The molecule has 1 saturated heterocycles.